The molecule has 7 rings (SSSR count). The average Bonchev–Trinajstić information content (AvgIpc) is 3.91. The number of nitrogens with one attached hydrogen (secondary N) is 2. The predicted molar refractivity (Wildman–Crippen MR) is 174 cm³/mol. The summed E-state index contributed by atoms with van der Waals surface area (Å²) in [6.45, 7) is 2.47. The van der Waals surface area contributed by atoms with Crippen LogP contribution in [-0.4, -0.2) is 90.9 Å². The number of thioether (sulfide) groups is 1. The molecule has 250 valence electrons. The van der Waals surface area contributed by atoms with Crippen molar-refractivity contribution in [2.75, 3.05) is 31.7 Å². The van der Waals surface area contributed by atoms with E-state index in [0.717, 1.165) is 47.8 Å². The van der Waals surface area contributed by atoms with E-state index in [1.54, 1.807) is 5.38 Å². The lowest BCUT2D eigenvalue weighted by Gasteiger charge is -2.50. The van der Waals surface area contributed by atoms with Crippen molar-refractivity contribution in [3.05, 3.63) is 68.9 Å². The van der Waals surface area contributed by atoms with E-state index in [9.17, 15) is 24.3 Å². The van der Waals surface area contributed by atoms with E-state index in [2.05, 4.69) is 20.9 Å². The Kier molecular flexibility index (Phi) is 8.67. The number of β-lactam (4-membered cyclic amide) rings is 1. The number of thiazole rings is 1. The fourth-order valence-corrected chi connectivity index (χ4v) is 8.73. The minimum absolute atomic E-state index is 0.109. The lowest BCUT2D eigenvalue weighted by atomic mass is 10.0. The van der Waals surface area contributed by atoms with Crippen molar-refractivity contribution in [3.8, 4) is 0 Å². The predicted octanol–water partition coefficient (Wildman–Crippen LogP) is -0.628. The second-order valence-electron chi connectivity index (χ2n) is 11.3. The van der Waals surface area contributed by atoms with Gasteiger partial charge in [0.1, 0.15) is 37.0 Å². The number of carbonyl (C=O) groups is 4. The number of anilines is 1. The first-order chi connectivity index (χ1) is 23.2. The molecule has 48 heavy (non-hydrogen) atoms. The number of rotatable bonds is 11. The first-order valence-electron chi connectivity index (χ1n) is 14.9. The van der Waals surface area contributed by atoms with Crippen LogP contribution in [0.4, 0.5) is 5.13 Å². The fraction of sp³-hybridized carbons (Fsp3) is 0.345. The Balaban J connectivity index is 1.04. The van der Waals surface area contributed by atoms with Crippen LogP contribution in [0.15, 0.2) is 57.9 Å². The number of hydrogen-bond donors (Lipinski definition) is 3. The van der Waals surface area contributed by atoms with Crippen molar-refractivity contribution in [2.45, 2.75) is 37.3 Å². The number of nitrogen functional groups attached to an aromatic ring is 1. The zero-order valence-corrected chi connectivity index (χ0v) is 28.0. The molecule has 3 aliphatic rings. The fourth-order valence-electron chi connectivity index (χ4n) is 5.98. The molecule has 0 radical (unpaired) electrons. The van der Waals surface area contributed by atoms with Gasteiger partial charge in [-0.25, -0.2) is 19.2 Å². The number of hydrazine groups is 1. The molecule has 0 saturated carbocycles. The number of carbonyl (C=O) groups excluding carboxylic acids is 4. The number of aliphatic carboxylic acids is 1. The summed E-state index contributed by atoms with van der Waals surface area (Å²) in [7, 11) is 1.28. The molecule has 2 saturated heterocycles. The SMILES string of the molecule is CO/N=C(\C(=O)N[C@@H]1C(=O)N2C(C(=O)[O-])=C(Cn3ccc4n3cc[n+]4Cc3cc(C(=O)NN4CCCC4)cs3)CS[C@H]12)c1csc(N)n1. The van der Waals surface area contributed by atoms with Gasteiger partial charge in [-0.05, 0) is 24.5 Å². The van der Waals surface area contributed by atoms with Crippen LogP contribution < -0.4 is 26.1 Å². The molecule has 0 spiro atoms. The summed E-state index contributed by atoms with van der Waals surface area (Å²) >= 11 is 3.98. The third-order valence-electron chi connectivity index (χ3n) is 8.24. The summed E-state index contributed by atoms with van der Waals surface area (Å²) in [5, 5.41) is 23.7. The maximum atomic E-state index is 13.3. The molecule has 0 unspecified atom stereocenters. The monoisotopic (exact) mass is 710 g/mol. The third-order valence-corrected chi connectivity index (χ3v) is 11.2. The van der Waals surface area contributed by atoms with E-state index in [1.165, 1.54) is 35.1 Å². The molecule has 3 amide bonds. The van der Waals surface area contributed by atoms with E-state index < -0.39 is 29.2 Å². The van der Waals surface area contributed by atoms with Gasteiger partial charge in [0.25, 0.3) is 17.7 Å². The normalized spacial score (nSPS) is 19.8. The Labute approximate surface area is 285 Å². The highest BCUT2D eigenvalue weighted by molar-refractivity contribution is 8.00. The average molecular weight is 711 g/mol. The second kappa shape index (κ2) is 13.1. The summed E-state index contributed by atoms with van der Waals surface area (Å²) in [5.74, 6) is -2.56. The van der Waals surface area contributed by atoms with Gasteiger partial charge in [-0.2, -0.15) is 0 Å². The number of carboxylic acid groups (broad SMARTS) is 1. The van der Waals surface area contributed by atoms with Gasteiger partial charge in [0.05, 0.1) is 36.0 Å². The van der Waals surface area contributed by atoms with Crippen molar-refractivity contribution >= 4 is 74.6 Å². The zero-order valence-electron chi connectivity index (χ0n) is 25.5. The molecule has 16 nitrogen and oxygen atoms in total. The molecule has 3 aliphatic heterocycles. The summed E-state index contributed by atoms with van der Waals surface area (Å²) in [6.07, 6.45) is 7.79. The van der Waals surface area contributed by atoms with Crippen LogP contribution in [0.5, 0.6) is 0 Å². The maximum absolute atomic E-state index is 13.3. The Hall–Kier alpha value is -4.72. The number of amides is 3. The van der Waals surface area contributed by atoms with Crippen LogP contribution in [0.3, 0.4) is 0 Å². The number of oxime groups is 1. The topological polar surface area (TPSA) is 196 Å². The first-order valence-corrected chi connectivity index (χ1v) is 17.7. The molecule has 0 aromatic carbocycles. The molecule has 4 aromatic rings. The summed E-state index contributed by atoms with van der Waals surface area (Å²) in [6, 6.07) is 2.83. The number of hydrogen-bond acceptors (Lipinski definition) is 13. The Morgan fingerprint density at radius 3 is 2.75 bits per heavy atom. The third kappa shape index (κ3) is 5.93. The highest BCUT2D eigenvalue weighted by atomic mass is 32.2. The minimum atomic E-state index is -1.47. The van der Waals surface area contributed by atoms with E-state index in [1.807, 2.05) is 54.9 Å². The Bertz CT molecular complexity index is 1990. The van der Waals surface area contributed by atoms with Crippen molar-refractivity contribution in [2.24, 2.45) is 5.16 Å². The van der Waals surface area contributed by atoms with Gasteiger partial charge < -0.3 is 25.8 Å². The number of nitrogens with two attached hydrogens (primary N) is 1. The Morgan fingerprint density at radius 2 is 2.02 bits per heavy atom. The van der Waals surface area contributed by atoms with Gasteiger partial charge in [0, 0.05) is 34.5 Å². The van der Waals surface area contributed by atoms with E-state index in [4.69, 9.17) is 10.6 Å². The maximum Gasteiger partial charge on any atom is 0.307 e. The number of imidazole rings is 1. The zero-order chi connectivity index (χ0) is 33.5. The summed E-state index contributed by atoms with van der Waals surface area (Å²) in [4.78, 5) is 62.4. The molecule has 2 fully saturated rings. The van der Waals surface area contributed by atoms with Crippen LogP contribution in [0.25, 0.3) is 5.65 Å². The molecule has 0 bridgehead atoms. The highest BCUT2D eigenvalue weighted by Crippen LogP contribution is 2.40. The standard InChI is InChI=1S/C29H30N10O6S3/c1-45-34-21(19-15-48-29(30)31-19)25(41)32-22-26(42)39-23(28(43)44)17(14-47-27(22)39)11-37-7-4-20-35(8-9-38(20)37)12-18-10-16(13-46-18)24(40)33-36-5-2-3-6-36/h4,7-10,13,15,22,27H,2-3,5-6,11-12,14H2,1H3,(H4-,30,31,32,33,40,41,43,44)/b34-21-/t22-,27-/m1/s1. The number of carboxylic acids is 1. The molecule has 4 N–H and O–H groups in total. The second-order valence-corrected chi connectivity index (χ2v) is 14.3. The quantitative estimate of drug-likeness (QED) is 0.0781. The summed E-state index contributed by atoms with van der Waals surface area (Å²) < 4.78 is 5.79. The van der Waals surface area contributed by atoms with Crippen molar-refractivity contribution < 1.29 is 33.7 Å². The van der Waals surface area contributed by atoms with E-state index >= 15 is 0 Å². The van der Waals surface area contributed by atoms with Crippen LogP contribution in [0.2, 0.25) is 0 Å². The molecule has 0 aliphatic carbocycles. The van der Waals surface area contributed by atoms with Gasteiger partial charge in [0.2, 0.25) is 0 Å². The molecule has 2 atom stereocenters. The number of aromatic nitrogens is 4. The molecular weight excluding hydrogens is 681 g/mol. The molecule has 7 heterocycles. The summed E-state index contributed by atoms with van der Waals surface area (Å²) in [5.41, 5.74) is 10.5. The van der Waals surface area contributed by atoms with Gasteiger partial charge in [-0.15, -0.1) is 39.0 Å². The number of nitrogens with zero attached hydrogens (tertiary/aromatic N) is 7. The number of thiophene rings is 1. The lowest BCUT2D eigenvalue weighted by molar-refractivity contribution is -0.661. The van der Waals surface area contributed by atoms with Gasteiger partial charge in [-0.3, -0.25) is 24.7 Å². The minimum Gasteiger partial charge on any atom is -0.543 e. The highest BCUT2D eigenvalue weighted by Gasteiger charge is 2.53. The van der Waals surface area contributed by atoms with E-state index in [-0.39, 0.29) is 34.7 Å². The van der Waals surface area contributed by atoms with Crippen molar-refractivity contribution in [3.63, 3.8) is 0 Å². The van der Waals surface area contributed by atoms with E-state index in [0.29, 0.717) is 23.4 Å². The first kappa shape index (κ1) is 31.9. The lowest BCUT2D eigenvalue weighted by Crippen LogP contribution is -2.71. The van der Waals surface area contributed by atoms with Crippen molar-refractivity contribution in [1.29, 1.82) is 0 Å². The van der Waals surface area contributed by atoms with Crippen molar-refractivity contribution in [1.82, 2.24) is 34.8 Å². The molecule has 19 heteroatoms. The van der Waals surface area contributed by atoms with Gasteiger partial charge in [-0.1, -0.05) is 5.16 Å². The van der Waals surface area contributed by atoms with Gasteiger partial charge in [0.15, 0.2) is 17.0 Å². The number of fused-ring (bicyclic) bond motifs is 2. The van der Waals surface area contributed by atoms with Crippen LogP contribution in [0, 0.1) is 0 Å². The van der Waals surface area contributed by atoms with Crippen LogP contribution >= 0.6 is 34.4 Å². The van der Waals surface area contributed by atoms with Crippen LogP contribution in [-0.2, 0) is 32.3 Å². The molecule has 4 aromatic heterocycles. The smallest absolute Gasteiger partial charge is 0.307 e. The van der Waals surface area contributed by atoms with Gasteiger partial charge >= 0.3 is 5.65 Å². The molecular formula is C29H30N10O6S3. The largest absolute Gasteiger partial charge is 0.543 e. The van der Waals surface area contributed by atoms with Crippen LogP contribution in [0.1, 0.15) is 33.8 Å². The Morgan fingerprint density at radius 1 is 1.21 bits per heavy atom.